The summed E-state index contributed by atoms with van der Waals surface area (Å²) < 4.78 is 1.73. The predicted octanol–water partition coefficient (Wildman–Crippen LogP) is 2.41. The van der Waals surface area contributed by atoms with E-state index in [0.717, 1.165) is 12.0 Å². The molecule has 3 nitrogen and oxygen atoms in total. The molecule has 1 heterocycles. The molecule has 0 bridgehead atoms. The van der Waals surface area contributed by atoms with Gasteiger partial charge in [-0.15, -0.1) is 0 Å². The molecule has 3 aromatic rings. The van der Waals surface area contributed by atoms with Gasteiger partial charge in [-0.2, -0.15) is 0 Å². The fraction of sp³-hybridized carbons (Fsp3) is 0.167. The zero-order valence-corrected chi connectivity index (χ0v) is 12.3. The topological polar surface area (TPSA) is 38.0 Å². The molecule has 0 saturated heterocycles. The number of aliphatic hydroxyl groups is 1. The number of aliphatic hydroxyl groups excluding tert-OH is 1. The number of rotatable bonds is 6. The van der Waals surface area contributed by atoms with Crippen LogP contribution in [0.2, 0.25) is 6.32 Å². The average molecular weight is 289 g/mol. The Morgan fingerprint density at radius 3 is 2.09 bits per heavy atom. The van der Waals surface area contributed by atoms with Crippen molar-refractivity contribution in [2.24, 2.45) is 0 Å². The van der Waals surface area contributed by atoms with E-state index in [-0.39, 0.29) is 12.6 Å². The summed E-state index contributed by atoms with van der Waals surface area (Å²) >= 11 is 0. The lowest BCUT2D eigenvalue weighted by Gasteiger charge is -2.17. The Morgan fingerprint density at radius 1 is 0.955 bits per heavy atom. The molecule has 1 aromatic heterocycles. The maximum Gasteiger partial charge on any atom is 0.202 e. The minimum Gasteiger partial charge on any atom is -0.376 e. The van der Waals surface area contributed by atoms with Crippen LogP contribution in [0.5, 0.6) is 0 Å². The predicted molar refractivity (Wildman–Crippen MR) is 89.4 cm³/mol. The third kappa shape index (κ3) is 3.29. The molecule has 0 amide bonds. The van der Waals surface area contributed by atoms with Crippen molar-refractivity contribution in [1.82, 2.24) is 9.55 Å². The van der Waals surface area contributed by atoms with Gasteiger partial charge >= 0.3 is 0 Å². The number of hydrogen-bond acceptors (Lipinski definition) is 2. The number of imidazole rings is 1. The smallest absolute Gasteiger partial charge is 0.202 e. The summed E-state index contributed by atoms with van der Waals surface area (Å²) in [5, 5.41) is 9.31. The van der Waals surface area contributed by atoms with Gasteiger partial charge < -0.3 is 9.67 Å². The number of benzene rings is 2. The monoisotopic (exact) mass is 289 g/mol. The molecule has 0 unspecified atom stereocenters. The van der Waals surface area contributed by atoms with Crippen LogP contribution in [0.1, 0.15) is 17.0 Å². The quantitative estimate of drug-likeness (QED) is 0.708. The third-order valence-electron chi connectivity index (χ3n) is 3.84. The maximum absolute atomic E-state index is 9.31. The van der Waals surface area contributed by atoms with Crippen molar-refractivity contribution in [2.75, 3.05) is 0 Å². The Labute approximate surface area is 131 Å². The first-order valence-corrected chi connectivity index (χ1v) is 7.43. The first-order chi connectivity index (χ1) is 10.9. The zero-order valence-electron chi connectivity index (χ0n) is 12.3. The second-order valence-corrected chi connectivity index (χ2v) is 5.21. The van der Waals surface area contributed by atoms with Crippen LogP contribution < -0.4 is 5.72 Å². The molecule has 4 heteroatoms. The highest BCUT2D eigenvalue weighted by Crippen LogP contribution is 2.27. The summed E-state index contributed by atoms with van der Waals surface area (Å²) in [6.45, 7) is -0.0484. The fourth-order valence-corrected chi connectivity index (χ4v) is 2.69. The molecule has 1 N–H and O–H groups in total. The summed E-state index contributed by atoms with van der Waals surface area (Å²) in [4.78, 5) is 4.29. The Bertz CT molecular complexity index is 658. The molecule has 0 fully saturated rings. The molecule has 0 saturated carbocycles. The summed E-state index contributed by atoms with van der Waals surface area (Å²) in [5.74, 6) is 0.284. The van der Waals surface area contributed by atoms with E-state index in [0.29, 0.717) is 0 Å². The van der Waals surface area contributed by atoms with Gasteiger partial charge in [0, 0.05) is 18.3 Å². The zero-order chi connectivity index (χ0) is 15.2. The molecular weight excluding hydrogens is 271 g/mol. The van der Waals surface area contributed by atoms with Gasteiger partial charge in [0.25, 0.3) is 0 Å². The van der Waals surface area contributed by atoms with Crippen molar-refractivity contribution in [1.29, 1.82) is 0 Å². The molecule has 0 aliphatic heterocycles. The standard InChI is InChI=1S/C18H18BN2O/c22-14-21-12-11-20-18(21)19-13-17(15-7-3-1-4-8-15)16-9-5-2-6-10-16/h1-12,17,22H,13-14H2. The van der Waals surface area contributed by atoms with Gasteiger partial charge in [-0.25, -0.2) is 0 Å². The van der Waals surface area contributed by atoms with Crippen LogP contribution in [0.25, 0.3) is 0 Å². The van der Waals surface area contributed by atoms with Gasteiger partial charge in [0.05, 0.1) is 5.72 Å². The molecule has 109 valence electrons. The molecule has 22 heavy (non-hydrogen) atoms. The summed E-state index contributed by atoms with van der Waals surface area (Å²) in [7, 11) is 2.08. The van der Waals surface area contributed by atoms with E-state index in [4.69, 9.17) is 0 Å². The highest BCUT2D eigenvalue weighted by molar-refractivity contribution is 6.51. The molecular formula is C18H18BN2O. The number of aromatic nitrogens is 2. The van der Waals surface area contributed by atoms with Crippen molar-refractivity contribution in [3.05, 3.63) is 84.2 Å². The minimum atomic E-state index is -0.0484. The van der Waals surface area contributed by atoms with Gasteiger partial charge in [0.15, 0.2) is 0 Å². The van der Waals surface area contributed by atoms with Crippen LogP contribution >= 0.6 is 0 Å². The molecule has 1 radical (unpaired) electrons. The van der Waals surface area contributed by atoms with Crippen LogP contribution in [-0.4, -0.2) is 21.9 Å². The Balaban J connectivity index is 1.83. The summed E-state index contributed by atoms with van der Waals surface area (Å²) in [6, 6.07) is 21.0. The Kier molecular flexibility index (Phi) is 4.71. The first kappa shape index (κ1) is 14.6. The minimum absolute atomic E-state index is 0.0484. The van der Waals surface area contributed by atoms with Crippen LogP contribution in [0.4, 0.5) is 0 Å². The van der Waals surface area contributed by atoms with Crippen LogP contribution in [0.3, 0.4) is 0 Å². The van der Waals surface area contributed by atoms with Gasteiger partial charge in [-0.1, -0.05) is 67.0 Å². The van der Waals surface area contributed by atoms with Crippen LogP contribution in [0, 0.1) is 0 Å². The summed E-state index contributed by atoms with van der Waals surface area (Å²) in [5.41, 5.74) is 3.37. The second kappa shape index (κ2) is 7.10. The SMILES string of the molecule is OCn1ccnc1[B]CC(c1ccccc1)c1ccccc1. The molecule has 0 aliphatic carbocycles. The first-order valence-electron chi connectivity index (χ1n) is 7.43. The lowest BCUT2D eigenvalue weighted by Crippen LogP contribution is -2.27. The van der Waals surface area contributed by atoms with Crippen molar-refractivity contribution in [2.45, 2.75) is 19.0 Å². The van der Waals surface area contributed by atoms with E-state index < -0.39 is 0 Å². The second-order valence-electron chi connectivity index (χ2n) is 5.21. The fourth-order valence-electron chi connectivity index (χ4n) is 2.69. The number of hydrogen-bond donors (Lipinski definition) is 1. The summed E-state index contributed by atoms with van der Waals surface area (Å²) in [6.07, 6.45) is 4.33. The lowest BCUT2D eigenvalue weighted by molar-refractivity contribution is 0.213. The van der Waals surface area contributed by atoms with Gasteiger partial charge in [0.1, 0.15) is 6.73 Å². The average Bonchev–Trinajstić information content (AvgIpc) is 3.05. The van der Waals surface area contributed by atoms with Crippen molar-refractivity contribution in [3.63, 3.8) is 0 Å². The number of nitrogens with zero attached hydrogens (tertiary/aromatic N) is 2. The van der Waals surface area contributed by atoms with Crippen LogP contribution in [0.15, 0.2) is 73.1 Å². The van der Waals surface area contributed by atoms with E-state index in [1.807, 2.05) is 12.1 Å². The largest absolute Gasteiger partial charge is 0.376 e. The highest BCUT2D eigenvalue weighted by atomic mass is 16.3. The van der Waals surface area contributed by atoms with E-state index in [1.165, 1.54) is 11.1 Å². The molecule has 3 rings (SSSR count). The van der Waals surface area contributed by atoms with E-state index >= 15 is 0 Å². The molecule has 2 aromatic carbocycles. The third-order valence-corrected chi connectivity index (χ3v) is 3.84. The van der Waals surface area contributed by atoms with Crippen molar-refractivity contribution in [3.8, 4) is 0 Å². The van der Waals surface area contributed by atoms with Gasteiger partial charge in [-0.05, 0) is 11.1 Å². The van der Waals surface area contributed by atoms with E-state index in [1.54, 1.807) is 17.0 Å². The van der Waals surface area contributed by atoms with Gasteiger partial charge in [0.2, 0.25) is 7.28 Å². The van der Waals surface area contributed by atoms with E-state index in [9.17, 15) is 5.11 Å². The highest BCUT2D eigenvalue weighted by Gasteiger charge is 2.16. The Morgan fingerprint density at radius 2 is 1.55 bits per heavy atom. The van der Waals surface area contributed by atoms with Crippen molar-refractivity contribution < 1.29 is 5.11 Å². The molecule has 0 spiro atoms. The van der Waals surface area contributed by atoms with E-state index in [2.05, 4.69) is 60.8 Å². The molecule has 0 atom stereocenters. The Hall–Kier alpha value is -2.33. The van der Waals surface area contributed by atoms with Gasteiger partial charge in [-0.3, -0.25) is 4.98 Å². The van der Waals surface area contributed by atoms with Crippen LogP contribution in [-0.2, 0) is 6.73 Å². The normalized spacial score (nSPS) is 10.8. The van der Waals surface area contributed by atoms with Crippen molar-refractivity contribution >= 4 is 13.0 Å². The maximum atomic E-state index is 9.31. The lowest BCUT2D eigenvalue weighted by atomic mass is 9.65. The molecule has 0 aliphatic rings.